The minimum Gasteiger partial charge on any atom is -0.508 e. The SMILES string of the molecule is C=C(O)c1cnc(NC(C)C)c(Br)c1.CCC. The van der Waals surface area contributed by atoms with Crippen LogP contribution >= 0.6 is 15.9 Å². The third-order valence-corrected chi connectivity index (χ3v) is 2.20. The smallest absolute Gasteiger partial charge is 0.140 e. The van der Waals surface area contributed by atoms with Crippen LogP contribution in [0.5, 0.6) is 0 Å². The average Bonchev–Trinajstić information content (AvgIpc) is 2.21. The highest BCUT2D eigenvalue weighted by molar-refractivity contribution is 9.10. The van der Waals surface area contributed by atoms with Gasteiger partial charge < -0.3 is 10.4 Å². The molecule has 4 heteroatoms. The maximum Gasteiger partial charge on any atom is 0.140 e. The quantitative estimate of drug-likeness (QED) is 0.801. The molecular formula is C13H21BrN2O. The van der Waals surface area contributed by atoms with Gasteiger partial charge in [-0.1, -0.05) is 26.8 Å². The second kappa shape index (κ2) is 8.12. The maximum atomic E-state index is 9.15. The highest BCUT2D eigenvalue weighted by Crippen LogP contribution is 2.23. The van der Waals surface area contributed by atoms with E-state index in [0.29, 0.717) is 11.6 Å². The van der Waals surface area contributed by atoms with Gasteiger partial charge in [-0.25, -0.2) is 4.98 Å². The average molecular weight is 301 g/mol. The van der Waals surface area contributed by atoms with E-state index in [1.807, 2.05) is 13.8 Å². The number of aliphatic hydroxyl groups is 1. The number of hydrogen-bond donors (Lipinski definition) is 2. The largest absolute Gasteiger partial charge is 0.508 e. The lowest BCUT2D eigenvalue weighted by atomic mass is 10.2. The van der Waals surface area contributed by atoms with Gasteiger partial charge in [0.2, 0.25) is 0 Å². The summed E-state index contributed by atoms with van der Waals surface area (Å²) in [7, 11) is 0. The molecular weight excluding hydrogens is 280 g/mol. The van der Waals surface area contributed by atoms with Crippen LogP contribution in [-0.2, 0) is 0 Å². The van der Waals surface area contributed by atoms with Gasteiger partial charge in [0.05, 0.1) is 4.47 Å². The molecule has 1 aromatic rings. The zero-order chi connectivity index (χ0) is 13.4. The summed E-state index contributed by atoms with van der Waals surface area (Å²) in [4.78, 5) is 4.16. The number of hydrogen-bond acceptors (Lipinski definition) is 3. The molecule has 17 heavy (non-hydrogen) atoms. The third kappa shape index (κ3) is 6.31. The predicted octanol–water partition coefficient (Wildman–Crippen LogP) is 4.61. The van der Waals surface area contributed by atoms with E-state index in [4.69, 9.17) is 5.11 Å². The lowest BCUT2D eigenvalue weighted by Crippen LogP contribution is -2.11. The number of anilines is 1. The second-order valence-corrected chi connectivity index (χ2v) is 4.86. The molecule has 0 atom stereocenters. The molecule has 0 amide bonds. The number of rotatable bonds is 3. The first-order chi connectivity index (χ1) is 7.92. The molecule has 0 aliphatic carbocycles. The number of nitrogens with zero attached hydrogens (tertiary/aromatic N) is 1. The van der Waals surface area contributed by atoms with Crippen LogP contribution in [-0.4, -0.2) is 16.1 Å². The Labute approximate surface area is 112 Å². The van der Waals surface area contributed by atoms with Crippen LogP contribution in [0.25, 0.3) is 5.76 Å². The van der Waals surface area contributed by atoms with Gasteiger partial charge in [-0.3, -0.25) is 0 Å². The zero-order valence-corrected chi connectivity index (χ0v) is 12.5. The molecule has 0 aromatic carbocycles. The summed E-state index contributed by atoms with van der Waals surface area (Å²) in [5, 5.41) is 12.3. The van der Waals surface area contributed by atoms with E-state index in [1.54, 1.807) is 12.3 Å². The van der Waals surface area contributed by atoms with Gasteiger partial charge in [-0.05, 0) is 35.8 Å². The summed E-state index contributed by atoms with van der Waals surface area (Å²) >= 11 is 3.37. The van der Waals surface area contributed by atoms with Gasteiger partial charge in [-0.15, -0.1) is 0 Å². The van der Waals surface area contributed by atoms with Gasteiger partial charge in [0.1, 0.15) is 11.6 Å². The van der Waals surface area contributed by atoms with Crippen LogP contribution < -0.4 is 5.32 Å². The monoisotopic (exact) mass is 300 g/mol. The summed E-state index contributed by atoms with van der Waals surface area (Å²) in [6.45, 7) is 11.8. The van der Waals surface area contributed by atoms with E-state index in [1.165, 1.54) is 6.42 Å². The highest BCUT2D eigenvalue weighted by atomic mass is 79.9. The van der Waals surface area contributed by atoms with Crippen LogP contribution in [0.15, 0.2) is 23.3 Å². The van der Waals surface area contributed by atoms with Gasteiger partial charge in [0.15, 0.2) is 0 Å². The minimum atomic E-state index is 0.0225. The van der Waals surface area contributed by atoms with Crippen molar-refractivity contribution in [3.63, 3.8) is 0 Å². The molecule has 1 aromatic heterocycles. The third-order valence-electron chi connectivity index (χ3n) is 1.60. The normalized spacial score (nSPS) is 9.53. The van der Waals surface area contributed by atoms with Crippen molar-refractivity contribution in [1.29, 1.82) is 0 Å². The summed E-state index contributed by atoms with van der Waals surface area (Å²) in [6, 6.07) is 2.10. The lowest BCUT2D eigenvalue weighted by molar-refractivity contribution is 0.513. The highest BCUT2D eigenvalue weighted by Gasteiger charge is 2.05. The molecule has 0 saturated heterocycles. The maximum absolute atomic E-state index is 9.15. The van der Waals surface area contributed by atoms with E-state index in [2.05, 4.69) is 46.7 Å². The molecule has 0 unspecified atom stereocenters. The Kier molecular flexibility index (Phi) is 7.63. The van der Waals surface area contributed by atoms with E-state index >= 15 is 0 Å². The molecule has 0 fully saturated rings. The Morgan fingerprint density at radius 3 is 2.41 bits per heavy atom. The predicted molar refractivity (Wildman–Crippen MR) is 78.3 cm³/mol. The molecule has 0 bridgehead atoms. The molecule has 0 saturated carbocycles. The molecule has 0 aliphatic rings. The Hall–Kier alpha value is -1.03. The molecule has 0 aliphatic heterocycles. The van der Waals surface area contributed by atoms with Crippen molar-refractivity contribution in [3.8, 4) is 0 Å². The van der Waals surface area contributed by atoms with E-state index < -0.39 is 0 Å². The van der Waals surface area contributed by atoms with Gasteiger partial charge in [0, 0.05) is 17.8 Å². The Morgan fingerprint density at radius 2 is 2.06 bits per heavy atom. The first-order valence-electron chi connectivity index (χ1n) is 5.72. The van der Waals surface area contributed by atoms with Gasteiger partial charge >= 0.3 is 0 Å². The number of nitrogens with one attached hydrogen (secondary N) is 1. The molecule has 96 valence electrons. The standard InChI is InChI=1S/C10H13BrN2O.C3H8/c1-6(2)13-10-9(11)4-8(5-12-10)7(3)14;1-3-2/h4-6,14H,3H2,1-2H3,(H,12,13);3H2,1-2H3. The van der Waals surface area contributed by atoms with Crippen molar-refractivity contribution in [2.45, 2.75) is 40.2 Å². The molecule has 0 radical (unpaired) electrons. The summed E-state index contributed by atoms with van der Waals surface area (Å²) in [6.07, 6.45) is 2.83. The molecule has 3 nitrogen and oxygen atoms in total. The number of pyridine rings is 1. The first kappa shape index (κ1) is 16.0. The molecule has 0 spiro atoms. The second-order valence-electron chi connectivity index (χ2n) is 4.01. The molecule has 1 heterocycles. The number of halogens is 1. The summed E-state index contributed by atoms with van der Waals surface area (Å²) < 4.78 is 0.818. The fraction of sp³-hybridized carbons (Fsp3) is 0.462. The Bertz CT molecular complexity index is 364. The van der Waals surface area contributed by atoms with Gasteiger partial charge in [-0.2, -0.15) is 0 Å². The van der Waals surface area contributed by atoms with Crippen molar-refractivity contribution < 1.29 is 5.11 Å². The van der Waals surface area contributed by atoms with Crippen molar-refractivity contribution >= 4 is 27.5 Å². The lowest BCUT2D eigenvalue weighted by Gasteiger charge is -2.11. The van der Waals surface area contributed by atoms with Crippen LogP contribution in [0.1, 0.15) is 39.7 Å². The van der Waals surface area contributed by atoms with E-state index in [-0.39, 0.29) is 5.76 Å². The zero-order valence-electron chi connectivity index (χ0n) is 10.9. The van der Waals surface area contributed by atoms with Crippen molar-refractivity contribution in [3.05, 3.63) is 28.9 Å². The minimum absolute atomic E-state index is 0.0225. The van der Waals surface area contributed by atoms with E-state index in [0.717, 1.165) is 10.3 Å². The van der Waals surface area contributed by atoms with Crippen molar-refractivity contribution in [2.24, 2.45) is 0 Å². The topological polar surface area (TPSA) is 45.2 Å². The summed E-state index contributed by atoms with van der Waals surface area (Å²) in [5.41, 5.74) is 0.617. The van der Waals surface area contributed by atoms with Crippen LogP contribution in [0.3, 0.4) is 0 Å². The number of aliphatic hydroxyl groups excluding tert-OH is 1. The Morgan fingerprint density at radius 1 is 1.53 bits per heavy atom. The van der Waals surface area contributed by atoms with Crippen LogP contribution in [0, 0.1) is 0 Å². The van der Waals surface area contributed by atoms with E-state index in [9.17, 15) is 0 Å². The first-order valence-corrected chi connectivity index (χ1v) is 6.51. The molecule has 2 N–H and O–H groups in total. The van der Waals surface area contributed by atoms with Crippen LogP contribution in [0.4, 0.5) is 5.82 Å². The van der Waals surface area contributed by atoms with Crippen molar-refractivity contribution in [2.75, 3.05) is 5.32 Å². The van der Waals surface area contributed by atoms with Gasteiger partial charge in [0.25, 0.3) is 0 Å². The fourth-order valence-electron chi connectivity index (χ4n) is 0.975. The molecule has 1 rings (SSSR count). The summed E-state index contributed by atoms with van der Waals surface area (Å²) in [5.74, 6) is 0.791. The van der Waals surface area contributed by atoms with Crippen molar-refractivity contribution in [1.82, 2.24) is 4.98 Å². The Balaban J connectivity index is 0.000000770. The fourth-order valence-corrected chi connectivity index (χ4v) is 1.44. The number of aromatic nitrogens is 1. The van der Waals surface area contributed by atoms with Crippen LogP contribution in [0.2, 0.25) is 0 Å².